The van der Waals surface area contributed by atoms with Gasteiger partial charge in [0.05, 0.1) is 12.8 Å². The fraction of sp³-hybridized carbons (Fsp3) is 0.333. The molecule has 0 saturated heterocycles. The van der Waals surface area contributed by atoms with Gasteiger partial charge in [-0.3, -0.25) is 0 Å². The Hall–Kier alpha value is -2.56. The fourth-order valence-electron chi connectivity index (χ4n) is 2.14. The van der Waals surface area contributed by atoms with Crippen LogP contribution in [0.4, 0.5) is 4.79 Å². The summed E-state index contributed by atoms with van der Waals surface area (Å²) in [7, 11) is 0. The maximum atomic E-state index is 11.6. The van der Waals surface area contributed by atoms with E-state index in [1.165, 1.54) is 0 Å². The topological polar surface area (TPSA) is 59.9 Å². The van der Waals surface area contributed by atoms with Gasteiger partial charge >= 0.3 is 6.09 Å². The molecule has 0 aliphatic rings. The largest absolute Gasteiger partial charge is 0.493 e. The second kappa shape index (κ2) is 7.13. The van der Waals surface area contributed by atoms with Gasteiger partial charge in [-0.2, -0.15) is 5.10 Å². The first kappa shape index (κ1) is 16.8. The molecule has 0 fully saturated rings. The molecule has 0 heterocycles. The lowest BCUT2D eigenvalue weighted by Gasteiger charge is -2.18. The minimum Gasteiger partial charge on any atom is -0.493 e. The van der Waals surface area contributed by atoms with Crippen molar-refractivity contribution in [2.24, 2.45) is 5.10 Å². The average molecular weight is 314 g/mol. The van der Waals surface area contributed by atoms with Crippen LogP contribution in [0, 0.1) is 0 Å². The van der Waals surface area contributed by atoms with E-state index in [2.05, 4.69) is 10.5 Å². The Bertz CT molecular complexity index is 718. The number of carbonyl (C=O) groups is 1. The molecule has 0 aliphatic carbocycles. The Morgan fingerprint density at radius 2 is 1.96 bits per heavy atom. The lowest BCUT2D eigenvalue weighted by molar-refractivity contribution is 0.0529. The Kier molecular flexibility index (Phi) is 5.21. The van der Waals surface area contributed by atoms with Gasteiger partial charge in [0, 0.05) is 5.56 Å². The van der Waals surface area contributed by atoms with Gasteiger partial charge in [0.1, 0.15) is 11.4 Å². The van der Waals surface area contributed by atoms with Gasteiger partial charge in [0.15, 0.2) is 0 Å². The van der Waals surface area contributed by atoms with Crippen molar-refractivity contribution >= 4 is 23.1 Å². The molecule has 0 unspecified atom stereocenters. The third-order valence-electron chi connectivity index (χ3n) is 2.98. The van der Waals surface area contributed by atoms with Crippen LogP contribution in [0.3, 0.4) is 0 Å². The highest BCUT2D eigenvalue weighted by atomic mass is 16.6. The zero-order valence-corrected chi connectivity index (χ0v) is 13.9. The quantitative estimate of drug-likeness (QED) is 0.683. The summed E-state index contributed by atoms with van der Waals surface area (Å²) in [6.45, 7) is 7.88. The van der Waals surface area contributed by atoms with E-state index < -0.39 is 11.7 Å². The minimum absolute atomic E-state index is 0.554. The number of fused-ring (bicyclic) bond motifs is 1. The summed E-state index contributed by atoms with van der Waals surface area (Å²) < 4.78 is 10.8. The Balaban J connectivity index is 2.25. The standard InChI is InChI=1S/C18H22N2O3/c1-5-22-16-11-10-13-8-6-7-9-14(13)15(16)12-19-20-17(21)23-18(2,3)4/h6-12H,5H2,1-4H3,(H,20,21). The molecule has 1 N–H and O–H groups in total. The Morgan fingerprint density at radius 3 is 2.65 bits per heavy atom. The second-order valence-electron chi connectivity index (χ2n) is 6.00. The number of hydrogen-bond acceptors (Lipinski definition) is 4. The third-order valence-corrected chi connectivity index (χ3v) is 2.98. The number of hydrazone groups is 1. The number of hydrogen-bond donors (Lipinski definition) is 1. The number of ether oxygens (including phenoxy) is 2. The van der Waals surface area contributed by atoms with Gasteiger partial charge in [0.25, 0.3) is 0 Å². The number of carbonyl (C=O) groups excluding carboxylic acids is 1. The first-order valence-electron chi connectivity index (χ1n) is 7.57. The molecule has 2 aromatic carbocycles. The van der Waals surface area contributed by atoms with Crippen LogP contribution in [0.5, 0.6) is 5.75 Å². The van der Waals surface area contributed by atoms with Gasteiger partial charge in [-0.1, -0.05) is 30.3 Å². The van der Waals surface area contributed by atoms with Crippen molar-refractivity contribution in [3.8, 4) is 5.75 Å². The van der Waals surface area contributed by atoms with Crippen LogP contribution in [0.15, 0.2) is 41.5 Å². The lowest BCUT2D eigenvalue weighted by atomic mass is 10.0. The molecule has 2 rings (SSSR count). The molecule has 0 aromatic heterocycles. The first-order chi connectivity index (χ1) is 10.9. The number of nitrogens with one attached hydrogen (secondary N) is 1. The lowest BCUT2D eigenvalue weighted by Crippen LogP contribution is -2.29. The SMILES string of the molecule is CCOc1ccc2ccccc2c1C=NNC(=O)OC(C)(C)C. The van der Waals surface area contributed by atoms with Crippen LogP contribution in [0.2, 0.25) is 0 Å². The maximum absolute atomic E-state index is 11.6. The van der Waals surface area contributed by atoms with Crippen molar-refractivity contribution in [1.29, 1.82) is 0 Å². The fourth-order valence-corrected chi connectivity index (χ4v) is 2.14. The molecule has 0 bridgehead atoms. The summed E-state index contributed by atoms with van der Waals surface area (Å²) in [6, 6.07) is 11.8. The van der Waals surface area contributed by atoms with Crippen molar-refractivity contribution in [2.75, 3.05) is 6.61 Å². The van der Waals surface area contributed by atoms with Crippen molar-refractivity contribution in [3.05, 3.63) is 42.0 Å². The van der Waals surface area contributed by atoms with Gasteiger partial charge in [0.2, 0.25) is 0 Å². The smallest absolute Gasteiger partial charge is 0.428 e. The predicted molar refractivity (Wildman–Crippen MR) is 92.1 cm³/mol. The van der Waals surface area contributed by atoms with E-state index in [0.29, 0.717) is 6.61 Å². The van der Waals surface area contributed by atoms with Crippen LogP contribution >= 0.6 is 0 Å². The monoisotopic (exact) mass is 314 g/mol. The average Bonchev–Trinajstić information content (AvgIpc) is 2.47. The molecule has 5 nitrogen and oxygen atoms in total. The summed E-state index contributed by atoms with van der Waals surface area (Å²) in [6.07, 6.45) is 0.990. The van der Waals surface area contributed by atoms with Gasteiger partial charge in [-0.25, -0.2) is 10.2 Å². The zero-order valence-electron chi connectivity index (χ0n) is 13.9. The Morgan fingerprint density at radius 1 is 1.22 bits per heavy atom. The zero-order chi connectivity index (χ0) is 16.9. The number of benzene rings is 2. The van der Waals surface area contributed by atoms with Crippen molar-refractivity contribution in [2.45, 2.75) is 33.3 Å². The summed E-state index contributed by atoms with van der Waals surface area (Å²) in [5.41, 5.74) is 2.63. The van der Waals surface area contributed by atoms with E-state index in [9.17, 15) is 4.79 Å². The van der Waals surface area contributed by atoms with Crippen LogP contribution in [-0.2, 0) is 4.74 Å². The van der Waals surface area contributed by atoms with E-state index >= 15 is 0 Å². The summed E-state index contributed by atoms with van der Waals surface area (Å²) in [5, 5.41) is 6.08. The molecule has 0 atom stereocenters. The number of nitrogens with zero attached hydrogens (tertiary/aromatic N) is 1. The molecule has 2 aromatic rings. The van der Waals surface area contributed by atoms with Crippen molar-refractivity contribution < 1.29 is 14.3 Å². The summed E-state index contributed by atoms with van der Waals surface area (Å²) in [5.74, 6) is 0.723. The summed E-state index contributed by atoms with van der Waals surface area (Å²) >= 11 is 0. The highest BCUT2D eigenvalue weighted by Gasteiger charge is 2.15. The highest BCUT2D eigenvalue weighted by Crippen LogP contribution is 2.26. The minimum atomic E-state index is -0.591. The number of amides is 1. The molecular formula is C18H22N2O3. The molecule has 0 saturated carbocycles. The van der Waals surface area contributed by atoms with Crippen LogP contribution in [0.1, 0.15) is 33.3 Å². The van der Waals surface area contributed by atoms with Crippen LogP contribution in [0.25, 0.3) is 10.8 Å². The second-order valence-corrected chi connectivity index (χ2v) is 6.00. The molecule has 0 spiro atoms. The maximum Gasteiger partial charge on any atom is 0.428 e. The molecule has 1 amide bonds. The molecule has 23 heavy (non-hydrogen) atoms. The van der Waals surface area contributed by atoms with Gasteiger partial charge in [-0.05, 0) is 44.5 Å². The highest BCUT2D eigenvalue weighted by molar-refractivity contribution is 6.02. The first-order valence-corrected chi connectivity index (χ1v) is 7.57. The van der Waals surface area contributed by atoms with E-state index in [1.807, 2.05) is 43.3 Å². The van der Waals surface area contributed by atoms with Gasteiger partial charge in [-0.15, -0.1) is 0 Å². The number of rotatable bonds is 4. The third kappa shape index (κ3) is 4.71. The van der Waals surface area contributed by atoms with E-state index in [-0.39, 0.29) is 0 Å². The van der Waals surface area contributed by atoms with Crippen molar-refractivity contribution in [3.63, 3.8) is 0 Å². The molecule has 122 valence electrons. The van der Waals surface area contributed by atoms with E-state index in [4.69, 9.17) is 9.47 Å². The van der Waals surface area contributed by atoms with E-state index in [1.54, 1.807) is 27.0 Å². The van der Waals surface area contributed by atoms with Crippen LogP contribution in [-0.4, -0.2) is 24.5 Å². The van der Waals surface area contributed by atoms with Gasteiger partial charge < -0.3 is 9.47 Å². The van der Waals surface area contributed by atoms with Crippen LogP contribution < -0.4 is 10.2 Å². The molecular weight excluding hydrogens is 292 g/mol. The molecule has 0 radical (unpaired) electrons. The van der Waals surface area contributed by atoms with E-state index in [0.717, 1.165) is 22.1 Å². The molecule has 0 aliphatic heterocycles. The normalized spacial score (nSPS) is 11.7. The Labute approximate surface area is 136 Å². The molecule has 5 heteroatoms. The summed E-state index contributed by atoms with van der Waals surface area (Å²) in [4.78, 5) is 11.6. The predicted octanol–water partition coefficient (Wildman–Crippen LogP) is 4.10. The van der Waals surface area contributed by atoms with Crippen molar-refractivity contribution in [1.82, 2.24) is 5.43 Å².